The highest BCUT2D eigenvalue weighted by atomic mass is 32.2. The Morgan fingerprint density at radius 1 is 0.703 bits per heavy atom. The van der Waals surface area contributed by atoms with E-state index in [0.717, 1.165) is 28.0 Å². The minimum atomic E-state index is -2.48. The van der Waals surface area contributed by atoms with Crippen molar-refractivity contribution in [1.29, 1.82) is 0 Å². The number of aromatic nitrogens is 1. The third-order valence-electron chi connectivity index (χ3n) is 24.0. The zero-order valence-corrected chi connectivity index (χ0v) is 78.0. The number of ether oxygens (including phenoxy) is 15. The molecule has 0 radical (unpaired) electrons. The van der Waals surface area contributed by atoms with E-state index in [1.165, 1.54) is 12.0 Å². The number of aliphatic hydroxyl groups excluding tert-OH is 2. The smallest absolute Gasteiger partial charge is 0.329 e. The standard InChI is InChI=1S/C94H141N7O25S2/c1-62-16-12-11-13-17-63(2)81(112-8)58-73-23-19-68(7)94(110,126-73)89(106)91(108)101-32-15-14-18-77(101)92(109)124-82(59-78(102)65(4)53-67(6)87(105)88(114-10)86(104)66(5)52-62)76(95)55-69-20-26-80(83(56-69)113-9)125-93(127)98-30-35-116-38-40-118-42-44-120-46-48-122-50-49-121-47-45-119-43-41-117-39-37-115-34-29-85(103)97-31-51-128(111)74-24-25-75(64(3)54-74)90(107)100-33-36-123-79-27-21-70(57-72(79)61-100)71-22-28-84(96)99-60-71/h11-13,16-17,21-22,24-25,27-28,53-54,57,60,62,65-66,68-69,73,76-78,80-83,87-88,102,105,110H,14-15,18-20,23,26,29-52,55-56,58-59,61,95H2,1-10H3,(H2,96,99)(H,97,103)(H,98,127)/b13-11+,16-12+,63-17+,67-53+/t62-,65-,66-,68-,69+,73+,76-,77+,78-,80-,81+,82+,83-,87-,88+,94-,128?/m1/s1. The number of rotatable bonds is 40. The lowest BCUT2D eigenvalue weighted by molar-refractivity contribution is -0.265. The lowest BCUT2D eigenvalue weighted by atomic mass is 9.80. The van der Waals surface area contributed by atoms with Crippen LogP contribution in [0, 0.1) is 36.5 Å². The Labute approximate surface area is 763 Å². The number of carbonyl (C=O) groups is 6. The lowest BCUT2D eigenvalue weighted by Crippen LogP contribution is -2.61. The van der Waals surface area contributed by atoms with E-state index in [4.69, 9.17) is 94.7 Å². The quantitative estimate of drug-likeness (QED) is 0.00707. The van der Waals surface area contributed by atoms with Crippen molar-refractivity contribution in [2.24, 2.45) is 35.3 Å². The van der Waals surface area contributed by atoms with Crippen LogP contribution in [0.1, 0.15) is 146 Å². The fraction of sp³-hybridized carbons (Fsp3) is 0.660. The van der Waals surface area contributed by atoms with Gasteiger partial charge in [0.15, 0.2) is 10.7 Å². The Kier molecular flexibility index (Phi) is 46.9. The molecule has 3 aromatic rings. The molecule has 3 fully saturated rings. The first-order valence-electron chi connectivity index (χ1n) is 45.1. The van der Waals surface area contributed by atoms with Crippen molar-refractivity contribution in [2.45, 2.75) is 210 Å². The molecule has 128 heavy (non-hydrogen) atoms. The number of carbonyl (C=O) groups excluding carboxylic acids is 6. The van der Waals surface area contributed by atoms with Crippen molar-refractivity contribution in [2.75, 3.05) is 171 Å². The molecule has 4 aliphatic heterocycles. The monoisotopic (exact) mass is 1830 g/mol. The number of anilines is 1. The Bertz CT molecular complexity index is 4050. The molecule has 0 spiro atoms. The van der Waals surface area contributed by atoms with Crippen LogP contribution in [-0.4, -0.2) is 307 Å². The normalized spacial score (nSPS) is 27.6. The molecule has 2 aromatic carbocycles. The van der Waals surface area contributed by atoms with Crippen LogP contribution in [0.15, 0.2) is 107 Å². The van der Waals surface area contributed by atoms with Gasteiger partial charge in [0.05, 0.1) is 143 Å². The number of cyclic esters (lactones) is 1. The van der Waals surface area contributed by atoms with E-state index >= 15 is 0 Å². The molecule has 5 aliphatic rings. The van der Waals surface area contributed by atoms with E-state index in [1.807, 2.05) is 82.3 Å². The fourth-order valence-corrected chi connectivity index (χ4v) is 17.6. The summed E-state index contributed by atoms with van der Waals surface area (Å²) < 4.78 is 100. The predicted octanol–water partition coefficient (Wildman–Crippen LogP) is 8.00. The van der Waals surface area contributed by atoms with Crippen LogP contribution in [0.5, 0.6) is 5.75 Å². The number of amides is 3. The van der Waals surface area contributed by atoms with E-state index in [-0.39, 0.29) is 85.7 Å². The SMILES string of the molecule is CO[C@H]1C[C@@H]2CC[C@@H](C)[C@@](O)(O2)C(=O)C(=O)N2CCCC[C@H]2C(=O)O[C@H]([C@H](N)C[C@@H]2CC[C@@H](OC(=S)NCCOCCOCCOCCOCCOCCOCCOCCOCCC(=O)NCC[S+]([O-])c3ccc(C(=O)N4CCOc5ccc(-c6ccc(N)nc6)cc5C4)c(C)c3)[C@H](OC)C2)C[C@@H](O)[C@H](C)/C=C(\C)[C@@H](O)[C@@H](OC)C(=O)[C@H](C)C[C@H](C)/C=C/C=C/C=C/1C. The number of Topliss-reactive ketones (excluding diaryl/α,β-unsaturated/α-hetero) is 2. The molecular formula is C94H141N7O25S2. The molecule has 1 saturated carbocycles. The zero-order valence-electron chi connectivity index (χ0n) is 76.4. The summed E-state index contributed by atoms with van der Waals surface area (Å²) in [6.07, 6.45) is 11.1. The van der Waals surface area contributed by atoms with E-state index in [0.29, 0.717) is 211 Å². The van der Waals surface area contributed by atoms with Gasteiger partial charge in [-0.15, -0.1) is 0 Å². The first-order valence-corrected chi connectivity index (χ1v) is 46.8. The third kappa shape index (κ3) is 34.4. The number of nitrogens with one attached hydrogen (secondary N) is 2. The van der Waals surface area contributed by atoms with Crippen molar-refractivity contribution in [3.63, 3.8) is 0 Å². The van der Waals surface area contributed by atoms with E-state index < -0.39 is 113 Å². The van der Waals surface area contributed by atoms with Crippen molar-refractivity contribution in [1.82, 2.24) is 25.4 Å². The average Bonchev–Trinajstić information content (AvgIpc) is 0.933. The maximum atomic E-state index is 14.7. The number of aryl methyl sites for hydroxylation is 1. The minimum Gasteiger partial charge on any atom is -0.611 e. The van der Waals surface area contributed by atoms with Gasteiger partial charge in [-0.3, -0.25) is 24.0 Å². The van der Waals surface area contributed by atoms with Crippen molar-refractivity contribution in [3.8, 4) is 16.9 Å². The van der Waals surface area contributed by atoms with Crippen molar-refractivity contribution >= 4 is 69.6 Å². The van der Waals surface area contributed by atoms with Gasteiger partial charge in [0.1, 0.15) is 54.4 Å². The minimum absolute atomic E-state index is 0.0121. The molecule has 1 aromatic heterocycles. The lowest BCUT2D eigenvalue weighted by Gasteiger charge is -2.43. The second kappa shape index (κ2) is 56.6. The van der Waals surface area contributed by atoms with Gasteiger partial charge >= 0.3 is 5.97 Å². The predicted molar refractivity (Wildman–Crippen MR) is 485 cm³/mol. The second-order valence-electron chi connectivity index (χ2n) is 33.7. The highest BCUT2D eigenvalue weighted by Crippen LogP contribution is 2.39. The number of nitrogen functional groups attached to an aromatic ring is 1. The molecule has 714 valence electrons. The molecule has 2 bridgehead atoms. The summed E-state index contributed by atoms with van der Waals surface area (Å²) in [4.78, 5) is 91.6. The molecule has 17 atom stereocenters. The number of esters is 1. The Balaban J connectivity index is 0.641. The summed E-state index contributed by atoms with van der Waals surface area (Å²) in [7, 11) is 4.54. The number of hydrogen-bond donors (Lipinski definition) is 7. The van der Waals surface area contributed by atoms with Crippen LogP contribution in [-0.2, 0) is 108 Å². The van der Waals surface area contributed by atoms with Gasteiger partial charge < -0.3 is 123 Å². The highest BCUT2D eigenvalue weighted by molar-refractivity contribution is 7.91. The van der Waals surface area contributed by atoms with Crippen LogP contribution in [0.25, 0.3) is 11.1 Å². The second-order valence-corrected chi connectivity index (χ2v) is 35.6. The summed E-state index contributed by atoms with van der Waals surface area (Å²) in [5, 5.41) is 41.9. The number of pyridine rings is 1. The Morgan fingerprint density at radius 3 is 1.99 bits per heavy atom. The summed E-state index contributed by atoms with van der Waals surface area (Å²) in [5.41, 5.74) is 18.1. The van der Waals surface area contributed by atoms with Crippen LogP contribution in [0.2, 0.25) is 0 Å². The number of aliphatic hydroxyl groups is 3. The third-order valence-corrected chi connectivity index (χ3v) is 25.6. The maximum absolute atomic E-state index is 14.7. The number of allylic oxidation sites excluding steroid dienone is 5. The van der Waals surface area contributed by atoms with Crippen LogP contribution in [0.4, 0.5) is 5.82 Å². The first kappa shape index (κ1) is 106. The maximum Gasteiger partial charge on any atom is 0.329 e. The molecule has 1 aliphatic carbocycles. The average molecular weight is 1830 g/mol. The van der Waals surface area contributed by atoms with Crippen LogP contribution >= 0.6 is 12.2 Å². The number of nitrogens with zero attached hydrogens (tertiary/aromatic N) is 3. The van der Waals surface area contributed by atoms with Gasteiger partial charge in [-0.2, -0.15) is 0 Å². The summed E-state index contributed by atoms with van der Waals surface area (Å²) in [6, 6.07) is 12.6. The highest BCUT2D eigenvalue weighted by Gasteiger charge is 2.53. The molecule has 1 unspecified atom stereocenters. The van der Waals surface area contributed by atoms with Gasteiger partial charge in [0.25, 0.3) is 22.8 Å². The van der Waals surface area contributed by atoms with Gasteiger partial charge in [-0.05, 0) is 185 Å². The van der Waals surface area contributed by atoms with Gasteiger partial charge in [-0.25, -0.2) is 9.78 Å². The summed E-state index contributed by atoms with van der Waals surface area (Å²) >= 11 is 4.20. The number of ketones is 2. The molecule has 8 rings (SSSR count). The topological polar surface area (TPSA) is 420 Å². The van der Waals surface area contributed by atoms with Gasteiger partial charge in [-0.1, -0.05) is 70.2 Å². The van der Waals surface area contributed by atoms with E-state index in [2.05, 4.69) is 15.6 Å². The van der Waals surface area contributed by atoms with Gasteiger partial charge in [0, 0.05) is 107 Å². The number of nitrogens with two attached hydrogens (primary N) is 2. The molecule has 2 saturated heterocycles. The summed E-state index contributed by atoms with van der Waals surface area (Å²) in [6.45, 7) is 20.2. The number of hydrogen-bond acceptors (Lipinski definition) is 29. The van der Waals surface area contributed by atoms with Crippen molar-refractivity contribution < 1.29 is 120 Å². The first-order chi connectivity index (χ1) is 61.6. The Hall–Kier alpha value is -7.27. The number of fused-ring (bicyclic) bond motifs is 4. The number of methoxy groups -OCH3 is 3. The van der Waals surface area contributed by atoms with E-state index in [9.17, 15) is 48.6 Å². The Morgan fingerprint density at radius 2 is 1.36 bits per heavy atom. The molecular weight excluding hydrogens is 1690 g/mol. The largest absolute Gasteiger partial charge is 0.611 e. The molecule has 34 heteroatoms. The fourth-order valence-electron chi connectivity index (χ4n) is 16.4. The van der Waals surface area contributed by atoms with Crippen LogP contribution in [0.3, 0.4) is 0 Å². The van der Waals surface area contributed by atoms with Crippen LogP contribution < -0.4 is 26.8 Å². The molecule has 9 N–H and O–H groups in total. The number of thiocarbonyl (C=S) groups is 1. The molecule has 32 nitrogen and oxygen atoms in total. The molecule has 5 heterocycles. The number of benzene rings is 2. The number of piperidine rings is 1. The van der Waals surface area contributed by atoms with Gasteiger partial charge in [0.2, 0.25) is 11.7 Å². The molecule has 3 amide bonds. The summed E-state index contributed by atoms with van der Waals surface area (Å²) in [5.74, 6) is -6.75. The zero-order chi connectivity index (χ0) is 92.5. The van der Waals surface area contributed by atoms with E-state index in [1.54, 1.807) is 76.4 Å². The van der Waals surface area contributed by atoms with Crippen molar-refractivity contribution in [3.05, 3.63) is 119 Å².